The van der Waals surface area contributed by atoms with Gasteiger partial charge in [-0.15, -0.1) is 0 Å². The van der Waals surface area contributed by atoms with Gasteiger partial charge in [0.25, 0.3) is 0 Å². The molecule has 25 heavy (non-hydrogen) atoms. The third-order valence-corrected chi connectivity index (χ3v) is 4.76. The lowest BCUT2D eigenvalue weighted by atomic mass is 10.0. The van der Waals surface area contributed by atoms with Crippen LogP contribution in [0.2, 0.25) is 5.02 Å². The maximum absolute atomic E-state index is 12.2. The van der Waals surface area contributed by atoms with Crippen molar-refractivity contribution in [3.8, 4) is 11.4 Å². The molecule has 1 aromatic carbocycles. The molecule has 0 saturated carbocycles. The summed E-state index contributed by atoms with van der Waals surface area (Å²) < 4.78 is 5.22. The first kappa shape index (κ1) is 17.6. The Bertz CT molecular complexity index is 815. The van der Waals surface area contributed by atoms with Crippen molar-refractivity contribution >= 4 is 28.8 Å². The molecule has 2 heterocycles. The second-order valence-electron chi connectivity index (χ2n) is 5.60. The molecular weight excluding hydrogens is 358 g/mol. The lowest BCUT2D eigenvalue weighted by Crippen LogP contribution is -2.28. The molecule has 1 N–H and O–H groups in total. The average Bonchev–Trinajstić information content (AvgIpc) is 3.30. The van der Waals surface area contributed by atoms with Gasteiger partial charge >= 0.3 is 0 Å². The lowest BCUT2D eigenvalue weighted by Gasteiger charge is -2.17. The van der Waals surface area contributed by atoms with Gasteiger partial charge in [-0.3, -0.25) is 4.79 Å². The number of hydrogen-bond donors (Lipinski definition) is 1. The van der Waals surface area contributed by atoms with Crippen LogP contribution in [-0.2, 0) is 11.2 Å². The van der Waals surface area contributed by atoms with Crippen LogP contribution in [0.15, 0.2) is 45.6 Å². The summed E-state index contributed by atoms with van der Waals surface area (Å²) in [6.45, 7) is 2.03. The van der Waals surface area contributed by atoms with Crippen LogP contribution in [0.4, 0.5) is 0 Å². The largest absolute Gasteiger partial charge is 0.349 e. The Morgan fingerprint density at radius 1 is 1.32 bits per heavy atom. The van der Waals surface area contributed by atoms with Gasteiger partial charge in [0.1, 0.15) is 0 Å². The van der Waals surface area contributed by atoms with Gasteiger partial charge in [-0.25, -0.2) is 0 Å². The van der Waals surface area contributed by atoms with Crippen LogP contribution in [0.25, 0.3) is 11.4 Å². The molecule has 0 spiro atoms. The van der Waals surface area contributed by atoms with Gasteiger partial charge in [-0.2, -0.15) is 16.3 Å². The minimum absolute atomic E-state index is 0.0335. The van der Waals surface area contributed by atoms with Crippen LogP contribution in [0.3, 0.4) is 0 Å². The van der Waals surface area contributed by atoms with Crippen molar-refractivity contribution in [2.45, 2.75) is 32.2 Å². The van der Waals surface area contributed by atoms with Gasteiger partial charge < -0.3 is 9.84 Å². The summed E-state index contributed by atoms with van der Waals surface area (Å²) in [7, 11) is 0. The number of carbonyl (C=O) groups excluding carboxylic acids is 1. The second kappa shape index (κ2) is 8.27. The first-order valence-electron chi connectivity index (χ1n) is 8.05. The fourth-order valence-corrected chi connectivity index (χ4v) is 3.23. The highest BCUT2D eigenvalue weighted by Gasteiger charge is 2.15. The molecule has 1 atom stereocenters. The van der Waals surface area contributed by atoms with E-state index in [4.69, 9.17) is 16.1 Å². The highest BCUT2D eigenvalue weighted by molar-refractivity contribution is 7.08. The second-order valence-corrected chi connectivity index (χ2v) is 6.82. The van der Waals surface area contributed by atoms with E-state index in [-0.39, 0.29) is 11.9 Å². The summed E-state index contributed by atoms with van der Waals surface area (Å²) >= 11 is 7.49. The number of aryl methyl sites for hydroxylation is 1. The van der Waals surface area contributed by atoms with Crippen LogP contribution in [0.5, 0.6) is 0 Å². The van der Waals surface area contributed by atoms with Crippen LogP contribution < -0.4 is 5.32 Å². The molecule has 3 aromatic rings. The lowest BCUT2D eigenvalue weighted by molar-refractivity contribution is -0.121. The summed E-state index contributed by atoms with van der Waals surface area (Å²) in [6.07, 6.45) is 1.52. The van der Waals surface area contributed by atoms with Crippen molar-refractivity contribution in [1.82, 2.24) is 15.5 Å². The summed E-state index contributed by atoms with van der Waals surface area (Å²) in [6, 6.07) is 9.42. The molecule has 0 bridgehead atoms. The smallest absolute Gasteiger partial charge is 0.227 e. The predicted octanol–water partition coefficient (Wildman–Crippen LogP) is 4.65. The van der Waals surface area contributed by atoms with Crippen LogP contribution in [0.1, 0.15) is 37.3 Å². The maximum atomic E-state index is 12.2. The number of carbonyl (C=O) groups is 1. The van der Waals surface area contributed by atoms with Gasteiger partial charge in [0.2, 0.25) is 17.6 Å². The van der Waals surface area contributed by atoms with E-state index in [0.717, 1.165) is 17.5 Å². The number of rotatable bonds is 7. The molecule has 2 aromatic heterocycles. The Kier molecular flexibility index (Phi) is 5.83. The zero-order chi connectivity index (χ0) is 17.6. The topological polar surface area (TPSA) is 68.0 Å². The first-order valence-corrected chi connectivity index (χ1v) is 9.37. The minimum Gasteiger partial charge on any atom is -0.349 e. The quantitative estimate of drug-likeness (QED) is 0.652. The third-order valence-electron chi connectivity index (χ3n) is 3.83. The Hall–Kier alpha value is -2.18. The van der Waals surface area contributed by atoms with E-state index in [2.05, 4.69) is 15.5 Å². The summed E-state index contributed by atoms with van der Waals surface area (Å²) in [5.74, 6) is 0.984. The Labute approximate surface area is 155 Å². The molecule has 0 aliphatic heterocycles. The van der Waals surface area contributed by atoms with Gasteiger partial charge in [-0.1, -0.05) is 35.8 Å². The number of hydrogen-bond acceptors (Lipinski definition) is 5. The molecule has 7 heteroatoms. The Balaban J connectivity index is 1.54. The monoisotopic (exact) mass is 375 g/mol. The zero-order valence-electron chi connectivity index (χ0n) is 13.7. The van der Waals surface area contributed by atoms with Crippen molar-refractivity contribution in [2.24, 2.45) is 0 Å². The van der Waals surface area contributed by atoms with Crippen molar-refractivity contribution < 1.29 is 9.32 Å². The fourth-order valence-electron chi connectivity index (χ4n) is 2.47. The van der Waals surface area contributed by atoms with Crippen LogP contribution in [-0.4, -0.2) is 16.0 Å². The van der Waals surface area contributed by atoms with Gasteiger partial charge in [0.15, 0.2) is 0 Å². The minimum atomic E-state index is -0.0444. The van der Waals surface area contributed by atoms with Crippen LogP contribution in [0, 0.1) is 0 Å². The Morgan fingerprint density at radius 2 is 2.12 bits per heavy atom. The molecule has 0 aliphatic rings. The molecule has 0 radical (unpaired) electrons. The number of nitrogens with zero attached hydrogens (tertiary/aromatic N) is 2. The molecule has 130 valence electrons. The number of benzene rings is 1. The molecule has 1 unspecified atom stereocenters. The molecule has 0 aliphatic carbocycles. The molecule has 0 fully saturated rings. The fraction of sp³-hybridized carbons (Fsp3) is 0.278. The summed E-state index contributed by atoms with van der Waals surface area (Å²) in [5.41, 5.74) is 1.97. The highest BCUT2D eigenvalue weighted by Crippen LogP contribution is 2.20. The summed E-state index contributed by atoms with van der Waals surface area (Å²) in [4.78, 5) is 16.6. The molecule has 3 rings (SSSR count). The predicted molar refractivity (Wildman–Crippen MR) is 98.6 cm³/mol. The number of nitrogens with one attached hydrogen (secondary N) is 1. The first-order chi connectivity index (χ1) is 12.2. The van der Waals surface area contributed by atoms with E-state index in [1.54, 1.807) is 11.3 Å². The number of halogens is 1. The van der Waals surface area contributed by atoms with E-state index >= 15 is 0 Å². The van der Waals surface area contributed by atoms with Gasteiger partial charge in [0, 0.05) is 28.8 Å². The van der Waals surface area contributed by atoms with Crippen molar-refractivity contribution in [3.05, 3.63) is 57.6 Å². The number of amides is 1. The Morgan fingerprint density at radius 3 is 2.80 bits per heavy atom. The molecular formula is C18H18ClN3O2S. The molecule has 0 saturated heterocycles. The third kappa shape index (κ3) is 4.67. The SMILES string of the molecule is CCC(NC(=O)CCc1nc(-c2ccsc2)no1)c1ccc(Cl)cc1. The van der Waals surface area contributed by atoms with E-state index in [0.29, 0.717) is 29.6 Å². The van der Waals surface area contributed by atoms with Gasteiger partial charge in [0.05, 0.1) is 6.04 Å². The average molecular weight is 376 g/mol. The number of thiophene rings is 1. The van der Waals surface area contributed by atoms with Crippen LogP contribution >= 0.6 is 22.9 Å². The molecule has 1 amide bonds. The highest BCUT2D eigenvalue weighted by atomic mass is 35.5. The molecule has 5 nitrogen and oxygen atoms in total. The van der Waals surface area contributed by atoms with Gasteiger partial charge in [-0.05, 0) is 35.6 Å². The van der Waals surface area contributed by atoms with Crippen molar-refractivity contribution in [3.63, 3.8) is 0 Å². The van der Waals surface area contributed by atoms with Crippen molar-refractivity contribution in [1.29, 1.82) is 0 Å². The maximum Gasteiger partial charge on any atom is 0.227 e. The zero-order valence-corrected chi connectivity index (χ0v) is 15.3. The van der Waals surface area contributed by atoms with E-state index < -0.39 is 0 Å². The summed E-state index contributed by atoms with van der Waals surface area (Å²) in [5, 5.41) is 11.6. The normalized spacial score (nSPS) is 12.1. The number of aromatic nitrogens is 2. The van der Waals surface area contributed by atoms with E-state index in [1.165, 1.54) is 0 Å². The standard InChI is InChI=1S/C18H18ClN3O2S/c1-2-15(12-3-5-14(19)6-4-12)20-16(23)7-8-17-21-18(22-24-17)13-9-10-25-11-13/h3-6,9-11,15H,2,7-8H2,1H3,(H,20,23). The van der Waals surface area contributed by atoms with E-state index in [9.17, 15) is 4.79 Å². The van der Waals surface area contributed by atoms with Crippen molar-refractivity contribution in [2.75, 3.05) is 0 Å². The van der Waals surface area contributed by atoms with E-state index in [1.807, 2.05) is 48.0 Å².